The lowest BCUT2D eigenvalue weighted by Crippen LogP contribution is -2.52. The second-order valence-corrected chi connectivity index (χ2v) is 7.10. The topological polar surface area (TPSA) is 62.8 Å². The highest BCUT2D eigenvalue weighted by atomic mass is 19.1. The van der Waals surface area contributed by atoms with Crippen molar-refractivity contribution in [1.29, 1.82) is 0 Å². The van der Waals surface area contributed by atoms with Crippen LogP contribution in [0.3, 0.4) is 0 Å². The van der Waals surface area contributed by atoms with Crippen molar-refractivity contribution in [3.63, 3.8) is 0 Å². The third-order valence-electron chi connectivity index (χ3n) is 5.37. The zero-order chi connectivity index (χ0) is 17.6. The maximum absolute atomic E-state index is 13.3. The lowest BCUT2D eigenvalue weighted by Gasteiger charge is -2.37. The van der Waals surface area contributed by atoms with Gasteiger partial charge in [-0.2, -0.15) is 0 Å². The molecule has 0 saturated carbocycles. The Hall–Kier alpha value is -1.96. The largest absolute Gasteiger partial charge is 0.390 e. The Labute approximate surface area is 145 Å². The molecular formula is C18H23FN4O2. The molecule has 4 rings (SSSR count). The van der Waals surface area contributed by atoms with Crippen LogP contribution in [0.2, 0.25) is 0 Å². The van der Waals surface area contributed by atoms with Gasteiger partial charge in [0, 0.05) is 50.2 Å². The maximum Gasteiger partial charge on any atom is 0.270 e. The number of β-amino-alcohol motifs (C(OH)–C–C–N with tert-alkyl or cyclic N) is 1. The fraction of sp³-hybridized carbons (Fsp3) is 0.500. The molecule has 1 aromatic carbocycles. The first-order valence-corrected chi connectivity index (χ1v) is 8.69. The zero-order valence-corrected chi connectivity index (χ0v) is 14.3. The van der Waals surface area contributed by atoms with Gasteiger partial charge in [0.25, 0.3) is 5.91 Å². The SMILES string of the molecule is CN1CCN([C@@H]2CN(C(=O)c3cc4ccc(F)cc4[nH]3)C[C@H]2O)CC1. The van der Waals surface area contributed by atoms with E-state index in [-0.39, 0.29) is 17.8 Å². The van der Waals surface area contributed by atoms with Crippen molar-refractivity contribution in [2.24, 2.45) is 0 Å². The number of H-pyrrole nitrogens is 1. The highest BCUT2D eigenvalue weighted by Gasteiger charge is 2.38. The molecule has 1 aromatic heterocycles. The number of aromatic nitrogens is 1. The first-order valence-electron chi connectivity index (χ1n) is 8.69. The first-order chi connectivity index (χ1) is 12.0. The Morgan fingerprint density at radius 3 is 2.72 bits per heavy atom. The molecule has 25 heavy (non-hydrogen) atoms. The Morgan fingerprint density at radius 1 is 1.20 bits per heavy atom. The molecule has 0 spiro atoms. The number of hydrogen-bond acceptors (Lipinski definition) is 4. The van der Waals surface area contributed by atoms with E-state index in [9.17, 15) is 14.3 Å². The third kappa shape index (κ3) is 3.15. The van der Waals surface area contributed by atoms with Gasteiger partial charge >= 0.3 is 0 Å². The van der Waals surface area contributed by atoms with Crippen molar-refractivity contribution < 1.29 is 14.3 Å². The van der Waals surface area contributed by atoms with Crippen molar-refractivity contribution in [3.05, 3.63) is 35.8 Å². The zero-order valence-electron chi connectivity index (χ0n) is 14.3. The van der Waals surface area contributed by atoms with Crippen LogP contribution in [0.25, 0.3) is 10.9 Å². The van der Waals surface area contributed by atoms with Gasteiger partial charge in [0.15, 0.2) is 0 Å². The number of benzene rings is 1. The van der Waals surface area contributed by atoms with Gasteiger partial charge in [-0.15, -0.1) is 0 Å². The van der Waals surface area contributed by atoms with Crippen LogP contribution in [0.5, 0.6) is 0 Å². The number of carbonyl (C=O) groups is 1. The van der Waals surface area contributed by atoms with Crippen LogP contribution in [0.4, 0.5) is 4.39 Å². The van der Waals surface area contributed by atoms with Crippen LogP contribution in [-0.2, 0) is 0 Å². The van der Waals surface area contributed by atoms with Gasteiger partial charge in [-0.05, 0) is 31.3 Å². The number of fused-ring (bicyclic) bond motifs is 1. The van der Waals surface area contributed by atoms with E-state index in [0.717, 1.165) is 31.6 Å². The summed E-state index contributed by atoms with van der Waals surface area (Å²) in [6.07, 6.45) is -0.533. The molecule has 3 heterocycles. The van der Waals surface area contributed by atoms with Crippen LogP contribution in [0.1, 0.15) is 10.5 Å². The number of aromatic amines is 1. The highest BCUT2D eigenvalue weighted by molar-refractivity contribution is 5.98. The molecule has 7 heteroatoms. The van der Waals surface area contributed by atoms with E-state index in [1.807, 2.05) is 0 Å². The molecule has 0 aliphatic carbocycles. The van der Waals surface area contributed by atoms with Crippen LogP contribution < -0.4 is 0 Å². The summed E-state index contributed by atoms with van der Waals surface area (Å²) in [4.78, 5) is 22.0. The Balaban J connectivity index is 1.48. The summed E-state index contributed by atoms with van der Waals surface area (Å²) in [7, 11) is 2.09. The summed E-state index contributed by atoms with van der Waals surface area (Å²) < 4.78 is 13.3. The Morgan fingerprint density at radius 2 is 1.96 bits per heavy atom. The van der Waals surface area contributed by atoms with Crippen LogP contribution in [-0.4, -0.2) is 89.2 Å². The lowest BCUT2D eigenvalue weighted by molar-refractivity contribution is 0.0512. The van der Waals surface area contributed by atoms with Gasteiger partial charge in [0.2, 0.25) is 0 Å². The molecule has 134 valence electrons. The number of likely N-dealkylation sites (N-methyl/N-ethyl adjacent to an activating group) is 1. The molecule has 2 atom stereocenters. The molecule has 0 radical (unpaired) electrons. The van der Waals surface area contributed by atoms with Gasteiger partial charge in [0.05, 0.1) is 12.1 Å². The Kier molecular flexibility index (Phi) is 4.23. The third-order valence-corrected chi connectivity index (χ3v) is 5.37. The molecule has 0 bridgehead atoms. The smallest absolute Gasteiger partial charge is 0.270 e. The summed E-state index contributed by atoms with van der Waals surface area (Å²) >= 11 is 0. The second-order valence-electron chi connectivity index (χ2n) is 7.10. The minimum absolute atomic E-state index is 0.0144. The first kappa shape index (κ1) is 16.5. The molecule has 2 N–H and O–H groups in total. The quantitative estimate of drug-likeness (QED) is 0.842. The number of aliphatic hydroxyl groups is 1. The average molecular weight is 346 g/mol. The van der Waals surface area contributed by atoms with E-state index in [1.165, 1.54) is 12.1 Å². The van der Waals surface area contributed by atoms with Crippen molar-refractivity contribution in [1.82, 2.24) is 19.7 Å². The molecule has 1 amide bonds. The maximum atomic E-state index is 13.3. The summed E-state index contributed by atoms with van der Waals surface area (Å²) in [6.45, 7) is 4.63. The number of carbonyl (C=O) groups excluding carboxylic acids is 1. The highest BCUT2D eigenvalue weighted by Crippen LogP contribution is 2.22. The number of aliphatic hydroxyl groups excluding tert-OH is 1. The molecular weight excluding hydrogens is 323 g/mol. The fourth-order valence-electron chi connectivity index (χ4n) is 3.83. The van der Waals surface area contributed by atoms with Gasteiger partial charge in [0.1, 0.15) is 11.5 Å². The van der Waals surface area contributed by atoms with E-state index in [2.05, 4.69) is 21.8 Å². The van der Waals surface area contributed by atoms with Crippen molar-refractivity contribution in [3.8, 4) is 0 Å². The standard InChI is InChI=1S/C18H23FN4O2/c1-21-4-6-22(7-5-21)16-10-23(11-17(16)24)18(25)15-8-12-2-3-13(19)9-14(12)20-15/h2-3,8-9,16-17,20,24H,4-7,10-11H2,1H3/t16-,17-/m1/s1. The summed E-state index contributed by atoms with van der Waals surface area (Å²) in [5, 5.41) is 11.2. The van der Waals surface area contributed by atoms with E-state index in [4.69, 9.17) is 0 Å². The van der Waals surface area contributed by atoms with Gasteiger partial charge in [-0.1, -0.05) is 0 Å². The number of nitrogens with one attached hydrogen (secondary N) is 1. The number of hydrogen-bond donors (Lipinski definition) is 2. The van der Waals surface area contributed by atoms with Crippen LogP contribution in [0, 0.1) is 5.82 Å². The average Bonchev–Trinajstić information content (AvgIpc) is 3.18. The molecule has 2 aromatic rings. The van der Waals surface area contributed by atoms with E-state index < -0.39 is 6.10 Å². The van der Waals surface area contributed by atoms with E-state index in [0.29, 0.717) is 24.3 Å². The Bertz CT molecular complexity index is 784. The molecule has 2 fully saturated rings. The molecule has 2 aliphatic rings. The number of halogens is 1. The second kappa shape index (κ2) is 6.40. The molecule has 0 unspecified atom stereocenters. The van der Waals surface area contributed by atoms with Crippen LogP contribution >= 0.6 is 0 Å². The number of piperazine rings is 1. The summed E-state index contributed by atoms with van der Waals surface area (Å²) in [5.41, 5.74) is 1.05. The molecule has 2 saturated heterocycles. The van der Waals surface area contributed by atoms with E-state index >= 15 is 0 Å². The number of rotatable bonds is 2. The normalized spacial score (nSPS) is 25.8. The van der Waals surface area contributed by atoms with Crippen molar-refractivity contribution in [2.75, 3.05) is 46.3 Å². The number of likely N-dealkylation sites (tertiary alicyclic amines) is 1. The number of nitrogens with zero attached hydrogens (tertiary/aromatic N) is 3. The summed E-state index contributed by atoms with van der Waals surface area (Å²) in [5.74, 6) is -0.479. The summed E-state index contributed by atoms with van der Waals surface area (Å²) in [6, 6.07) is 6.15. The minimum atomic E-state index is -0.533. The van der Waals surface area contributed by atoms with E-state index in [1.54, 1.807) is 17.0 Å². The number of amides is 1. The van der Waals surface area contributed by atoms with Gasteiger partial charge in [-0.25, -0.2) is 4.39 Å². The molecule has 2 aliphatic heterocycles. The van der Waals surface area contributed by atoms with Crippen molar-refractivity contribution >= 4 is 16.8 Å². The van der Waals surface area contributed by atoms with Gasteiger partial charge in [-0.3, -0.25) is 9.69 Å². The van der Waals surface area contributed by atoms with Crippen LogP contribution in [0.15, 0.2) is 24.3 Å². The fourth-order valence-corrected chi connectivity index (χ4v) is 3.83. The predicted molar refractivity (Wildman–Crippen MR) is 93.0 cm³/mol. The monoisotopic (exact) mass is 346 g/mol. The van der Waals surface area contributed by atoms with Crippen molar-refractivity contribution in [2.45, 2.75) is 12.1 Å². The lowest BCUT2D eigenvalue weighted by atomic mass is 10.1. The molecule has 6 nitrogen and oxygen atoms in total. The predicted octanol–water partition coefficient (Wildman–Crippen LogP) is 0.740. The van der Waals surface area contributed by atoms with Gasteiger partial charge < -0.3 is 19.9 Å². The minimum Gasteiger partial charge on any atom is -0.390 e.